The van der Waals surface area contributed by atoms with E-state index in [0.717, 1.165) is 22.4 Å². The topological polar surface area (TPSA) is 127 Å². The molecule has 0 unspecified atom stereocenters. The van der Waals surface area contributed by atoms with Crippen LogP contribution in [0.15, 0.2) is 53.7 Å². The second kappa shape index (κ2) is 9.77. The number of nitriles is 2. The molecule has 1 heterocycles. The van der Waals surface area contributed by atoms with Gasteiger partial charge >= 0.3 is 0 Å². The Balaban J connectivity index is 1.92. The fraction of sp³-hybridized carbons (Fsp3) is 0.130. The van der Waals surface area contributed by atoms with Gasteiger partial charge in [0.2, 0.25) is 5.95 Å². The van der Waals surface area contributed by atoms with Gasteiger partial charge in [0, 0.05) is 23.5 Å². The number of allylic oxidation sites excluding steroid dienone is 1. The van der Waals surface area contributed by atoms with Crippen molar-refractivity contribution in [1.82, 2.24) is 9.97 Å². The number of aromatic nitrogens is 2. The highest BCUT2D eigenvalue weighted by Crippen LogP contribution is 2.27. The molecule has 0 saturated carbocycles. The first-order valence-electron chi connectivity index (χ1n) is 9.41. The monoisotopic (exact) mass is 409 g/mol. The lowest BCUT2D eigenvalue weighted by atomic mass is 10.0. The van der Waals surface area contributed by atoms with Gasteiger partial charge in [-0.15, -0.1) is 0 Å². The third-order valence-electron chi connectivity index (χ3n) is 4.43. The van der Waals surface area contributed by atoms with Crippen molar-refractivity contribution in [2.75, 3.05) is 10.6 Å². The number of rotatable bonds is 7. The molecule has 0 atom stereocenters. The molecule has 0 radical (unpaired) electrons. The van der Waals surface area contributed by atoms with Crippen LogP contribution in [0.4, 0.5) is 23.1 Å². The zero-order valence-corrected chi connectivity index (χ0v) is 17.0. The fourth-order valence-corrected chi connectivity index (χ4v) is 3.07. The zero-order valence-electron chi connectivity index (χ0n) is 17.0. The van der Waals surface area contributed by atoms with Crippen molar-refractivity contribution in [3.05, 3.63) is 81.4 Å². The molecule has 8 heteroatoms. The summed E-state index contributed by atoms with van der Waals surface area (Å²) in [6.07, 6.45) is 3.19. The summed E-state index contributed by atoms with van der Waals surface area (Å²) in [5, 5.41) is 27.0. The number of hydrogen-bond acceptors (Lipinski definition) is 8. The summed E-state index contributed by atoms with van der Waals surface area (Å²) in [6, 6.07) is 16.5. The molecule has 0 fully saturated rings. The van der Waals surface area contributed by atoms with Crippen molar-refractivity contribution in [2.45, 2.75) is 20.4 Å². The van der Waals surface area contributed by atoms with Gasteiger partial charge < -0.3 is 10.6 Å². The van der Waals surface area contributed by atoms with Gasteiger partial charge in [0.25, 0.3) is 0 Å². The van der Waals surface area contributed by atoms with E-state index in [9.17, 15) is 4.91 Å². The Kier molecular flexibility index (Phi) is 6.67. The summed E-state index contributed by atoms with van der Waals surface area (Å²) in [4.78, 5) is 19.6. The Hall–Kier alpha value is -4.56. The van der Waals surface area contributed by atoms with Gasteiger partial charge in [-0.1, -0.05) is 5.18 Å². The molecule has 0 spiro atoms. The van der Waals surface area contributed by atoms with Crippen molar-refractivity contribution >= 4 is 29.2 Å². The molecule has 0 bridgehead atoms. The first kappa shape index (κ1) is 21.2. The van der Waals surface area contributed by atoms with Crippen molar-refractivity contribution in [3.8, 4) is 12.1 Å². The van der Waals surface area contributed by atoms with Crippen LogP contribution in [0.3, 0.4) is 0 Å². The van der Waals surface area contributed by atoms with E-state index < -0.39 is 0 Å². The minimum absolute atomic E-state index is 0.0882. The molecular formula is C23H19N7O. The van der Waals surface area contributed by atoms with Gasteiger partial charge in [-0.3, -0.25) is 0 Å². The average molecular weight is 409 g/mol. The Labute approximate surface area is 179 Å². The molecule has 3 rings (SSSR count). The molecule has 31 heavy (non-hydrogen) atoms. The number of nitrogens with one attached hydrogen (secondary N) is 2. The highest BCUT2D eigenvalue weighted by atomic mass is 16.3. The Morgan fingerprint density at radius 3 is 2.35 bits per heavy atom. The second-order valence-electron chi connectivity index (χ2n) is 6.79. The van der Waals surface area contributed by atoms with Crippen molar-refractivity contribution in [3.63, 3.8) is 0 Å². The van der Waals surface area contributed by atoms with Crippen molar-refractivity contribution in [1.29, 1.82) is 10.5 Å². The van der Waals surface area contributed by atoms with Gasteiger partial charge in [-0.25, -0.2) is 4.98 Å². The average Bonchev–Trinajstić information content (AvgIpc) is 2.75. The molecule has 0 aliphatic heterocycles. The maximum atomic E-state index is 10.8. The Bertz CT molecular complexity index is 1200. The first-order valence-corrected chi connectivity index (χ1v) is 9.41. The molecule has 0 aliphatic carbocycles. The minimum Gasteiger partial charge on any atom is -0.340 e. The third-order valence-corrected chi connectivity index (χ3v) is 4.43. The van der Waals surface area contributed by atoms with E-state index in [1.54, 1.807) is 36.4 Å². The third kappa shape index (κ3) is 5.49. The molecule has 0 aliphatic rings. The van der Waals surface area contributed by atoms with Crippen LogP contribution in [0.25, 0.3) is 6.08 Å². The quantitative estimate of drug-likeness (QED) is 0.403. The molecule has 152 valence electrons. The van der Waals surface area contributed by atoms with Gasteiger partial charge in [-0.05, 0) is 73.0 Å². The maximum Gasteiger partial charge on any atom is 0.229 e. The van der Waals surface area contributed by atoms with Gasteiger partial charge in [-0.2, -0.15) is 20.4 Å². The molecule has 0 saturated heterocycles. The minimum atomic E-state index is -0.0882. The van der Waals surface area contributed by atoms with E-state index in [1.807, 2.05) is 32.0 Å². The van der Waals surface area contributed by atoms with Crippen LogP contribution >= 0.6 is 0 Å². The second-order valence-corrected chi connectivity index (χ2v) is 6.79. The van der Waals surface area contributed by atoms with E-state index in [-0.39, 0.29) is 6.54 Å². The summed E-state index contributed by atoms with van der Waals surface area (Å²) in [5.41, 5.74) is 5.49. The molecule has 3 aromatic rings. The van der Waals surface area contributed by atoms with Gasteiger partial charge in [0.1, 0.15) is 12.4 Å². The summed E-state index contributed by atoms with van der Waals surface area (Å²) < 4.78 is 0. The Morgan fingerprint density at radius 2 is 1.74 bits per heavy atom. The smallest absolute Gasteiger partial charge is 0.229 e. The molecule has 0 amide bonds. The number of nitroso groups, excluding NO2 is 1. The molecular weight excluding hydrogens is 390 g/mol. The summed E-state index contributed by atoms with van der Waals surface area (Å²) in [7, 11) is 0. The summed E-state index contributed by atoms with van der Waals surface area (Å²) in [6.45, 7) is 3.84. The zero-order chi connectivity index (χ0) is 22.2. The van der Waals surface area contributed by atoms with E-state index in [1.165, 1.54) is 6.08 Å². The number of hydrogen-bond donors (Lipinski definition) is 2. The fourth-order valence-electron chi connectivity index (χ4n) is 3.07. The molecule has 2 N–H and O–H groups in total. The first-order chi connectivity index (χ1) is 15.0. The standard InChI is InChI=1S/C23H19N7O/c1-15-10-18(4-3-9-24)11-16(2)22(15)29-21-12-20(14-26-31)28-23(30-21)27-19-7-5-17(13-25)6-8-19/h3-8,10-12H,14H2,1-2H3,(H2,27,28,29,30)/b4-3+. The molecule has 1 aromatic heterocycles. The predicted octanol–water partition coefficient (Wildman–Crippen LogP) is 5.26. The van der Waals surface area contributed by atoms with E-state index in [2.05, 4.69) is 31.8 Å². The van der Waals surface area contributed by atoms with E-state index >= 15 is 0 Å². The van der Waals surface area contributed by atoms with Crippen molar-refractivity contribution in [2.24, 2.45) is 5.18 Å². The lowest BCUT2D eigenvalue weighted by Gasteiger charge is -2.15. The van der Waals surface area contributed by atoms with Crippen molar-refractivity contribution < 1.29 is 0 Å². The van der Waals surface area contributed by atoms with Gasteiger partial charge in [0.15, 0.2) is 0 Å². The van der Waals surface area contributed by atoms with Crippen LogP contribution in [-0.4, -0.2) is 9.97 Å². The van der Waals surface area contributed by atoms with Gasteiger partial charge in [0.05, 0.1) is 23.4 Å². The molecule has 8 nitrogen and oxygen atoms in total. The SMILES string of the molecule is Cc1cc(/C=C/C#N)cc(C)c1Nc1cc(CN=O)nc(Nc2ccc(C#N)cc2)n1. The van der Waals surface area contributed by atoms with E-state index in [4.69, 9.17) is 10.5 Å². The van der Waals surface area contributed by atoms with E-state index in [0.29, 0.717) is 28.7 Å². The lowest BCUT2D eigenvalue weighted by Crippen LogP contribution is -2.05. The highest BCUT2D eigenvalue weighted by molar-refractivity contribution is 5.69. The van der Waals surface area contributed by atoms with Crippen LogP contribution in [0, 0.1) is 41.4 Å². The van der Waals surface area contributed by atoms with Crippen LogP contribution in [-0.2, 0) is 6.54 Å². The van der Waals surface area contributed by atoms with Crippen LogP contribution in [0.5, 0.6) is 0 Å². The number of aryl methyl sites for hydroxylation is 2. The molecule has 2 aromatic carbocycles. The van der Waals surface area contributed by atoms with Crippen LogP contribution in [0.1, 0.15) is 27.9 Å². The number of benzene rings is 2. The Morgan fingerprint density at radius 1 is 1.03 bits per heavy atom. The summed E-state index contributed by atoms with van der Waals surface area (Å²) >= 11 is 0. The normalized spacial score (nSPS) is 10.3. The van der Waals surface area contributed by atoms with Crippen LogP contribution < -0.4 is 10.6 Å². The predicted molar refractivity (Wildman–Crippen MR) is 120 cm³/mol. The largest absolute Gasteiger partial charge is 0.340 e. The maximum absolute atomic E-state index is 10.8. The van der Waals surface area contributed by atoms with Crippen LogP contribution in [0.2, 0.25) is 0 Å². The lowest BCUT2D eigenvalue weighted by molar-refractivity contribution is 0.963. The summed E-state index contributed by atoms with van der Waals surface area (Å²) in [5.74, 6) is 0.813. The highest BCUT2D eigenvalue weighted by Gasteiger charge is 2.10. The number of nitrogens with zero attached hydrogens (tertiary/aromatic N) is 5. The number of anilines is 4.